The van der Waals surface area contributed by atoms with Crippen LogP contribution >= 0.6 is 23.4 Å². The van der Waals surface area contributed by atoms with Crippen molar-refractivity contribution in [2.24, 2.45) is 10.9 Å². The highest BCUT2D eigenvalue weighted by atomic mass is 35.5. The molecule has 1 aliphatic rings. The van der Waals surface area contributed by atoms with Gasteiger partial charge in [-0.2, -0.15) is 11.8 Å². The standard InChI is InChI=1S/C14H19ClFN3OS/c1-21-14(13(17)18-20)5-7-19(8-6-14)9-10-3-2-4-11(15)12(10)16/h2-4,20H,5-9H2,1H3,(H2,17,18). The van der Waals surface area contributed by atoms with Crippen LogP contribution in [0.4, 0.5) is 4.39 Å². The van der Waals surface area contributed by atoms with Gasteiger partial charge in [0.1, 0.15) is 5.82 Å². The average molecular weight is 332 g/mol. The predicted molar refractivity (Wildman–Crippen MR) is 85.6 cm³/mol. The van der Waals surface area contributed by atoms with E-state index in [0.717, 1.165) is 25.9 Å². The Labute approximate surface area is 133 Å². The third kappa shape index (κ3) is 3.44. The fraction of sp³-hybridized carbons (Fsp3) is 0.500. The summed E-state index contributed by atoms with van der Waals surface area (Å²) in [6.45, 7) is 2.05. The monoisotopic (exact) mass is 331 g/mol. The zero-order valence-corrected chi connectivity index (χ0v) is 13.4. The first-order valence-electron chi connectivity index (χ1n) is 6.71. The summed E-state index contributed by atoms with van der Waals surface area (Å²) < 4.78 is 13.6. The first-order valence-corrected chi connectivity index (χ1v) is 8.31. The van der Waals surface area contributed by atoms with E-state index in [-0.39, 0.29) is 21.4 Å². The molecule has 3 N–H and O–H groups in total. The summed E-state index contributed by atoms with van der Waals surface area (Å²) >= 11 is 7.40. The second-order valence-electron chi connectivity index (χ2n) is 5.17. The maximum atomic E-state index is 13.9. The molecule has 1 aliphatic heterocycles. The summed E-state index contributed by atoms with van der Waals surface area (Å²) in [5.74, 6) is -0.0825. The maximum absolute atomic E-state index is 13.9. The Bertz CT molecular complexity index is 533. The zero-order chi connectivity index (χ0) is 15.5. The lowest BCUT2D eigenvalue weighted by Gasteiger charge is -2.39. The van der Waals surface area contributed by atoms with Crippen molar-refractivity contribution in [3.63, 3.8) is 0 Å². The molecule has 0 bridgehead atoms. The molecule has 116 valence electrons. The highest BCUT2D eigenvalue weighted by molar-refractivity contribution is 8.00. The molecule has 1 aromatic carbocycles. The van der Waals surface area contributed by atoms with E-state index in [1.807, 2.05) is 6.26 Å². The lowest BCUT2D eigenvalue weighted by atomic mass is 9.94. The van der Waals surface area contributed by atoms with E-state index in [1.165, 1.54) is 0 Å². The van der Waals surface area contributed by atoms with Gasteiger partial charge in [0.15, 0.2) is 5.84 Å². The smallest absolute Gasteiger partial charge is 0.155 e. The van der Waals surface area contributed by atoms with E-state index in [2.05, 4.69) is 10.1 Å². The van der Waals surface area contributed by atoms with Crippen LogP contribution in [0.25, 0.3) is 0 Å². The molecule has 0 spiro atoms. The van der Waals surface area contributed by atoms with Gasteiger partial charge < -0.3 is 10.9 Å². The van der Waals surface area contributed by atoms with Crippen LogP contribution in [0.5, 0.6) is 0 Å². The summed E-state index contributed by atoms with van der Waals surface area (Å²) in [7, 11) is 0. The first kappa shape index (κ1) is 16.4. The van der Waals surface area contributed by atoms with Crippen molar-refractivity contribution in [2.75, 3.05) is 19.3 Å². The zero-order valence-electron chi connectivity index (χ0n) is 11.9. The van der Waals surface area contributed by atoms with Gasteiger partial charge in [-0.25, -0.2) is 4.39 Å². The number of nitrogens with zero attached hydrogens (tertiary/aromatic N) is 2. The lowest BCUT2D eigenvalue weighted by molar-refractivity contribution is 0.207. The van der Waals surface area contributed by atoms with Gasteiger partial charge in [-0.3, -0.25) is 4.90 Å². The van der Waals surface area contributed by atoms with Crippen molar-refractivity contribution in [1.82, 2.24) is 4.90 Å². The number of rotatable bonds is 4. The molecule has 2 rings (SSSR count). The number of hydrogen-bond acceptors (Lipinski definition) is 4. The second-order valence-corrected chi connectivity index (χ2v) is 6.77. The van der Waals surface area contributed by atoms with Gasteiger partial charge in [-0.05, 0) is 25.2 Å². The van der Waals surface area contributed by atoms with Crippen molar-refractivity contribution in [2.45, 2.75) is 24.1 Å². The Kier molecular flexibility index (Phi) is 5.35. The molecule has 1 aromatic rings. The molecule has 0 saturated carbocycles. The molecular weight excluding hydrogens is 313 g/mol. The number of thioether (sulfide) groups is 1. The van der Waals surface area contributed by atoms with Gasteiger partial charge in [-0.1, -0.05) is 28.9 Å². The van der Waals surface area contributed by atoms with E-state index >= 15 is 0 Å². The van der Waals surface area contributed by atoms with Crippen molar-refractivity contribution >= 4 is 29.2 Å². The summed E-state index contributed by atoms with van der Waals surface area (Å²) in [6, 6.07) is 5.06. The molecular formula is C14H19ClFN3OS. The van der Waals surface area contributed by atoms with E-state index < -0.39 is 0 Å². The number of piperidine rings is 1. The Balaban J connectivity index is 2.03. The fourth-order valence-electron chi connectivity index (χ4n) is 2.64. The van der Waals surface area contributed by atoms with Crippen LogP contribution in [0.2, 0.25) is 5.02 Å². The van der Waals surface area contributed by atoms with Gasteiger partial charge in [0, 0.05) is 25.2 Å². The minimum Gasteiger partial charge on any atom is -0.409 e. The van der Waals surface area contributed by atoms with Crippen molar-refractivity contribution in [3.05, 3.63) is 34.6 Å². The third-order valence-corrected chi connectivity index (χ3v) is 5.75. The summed E-state index contributed by atoms with van der Waals surface area (Å²) in [6.07, 6.45) is 3.50. The summed E-state index contributed by atoms with van der Waals surface area (Å²) in [5, 5.41) is 12.2. The molecule has 1 heterocycles. The number of oxime groups is 1. The van der Waals surface area contributed by atoms with Gasteiger partial charge in [0.2, 0.25) is 0 Å². The summed E-state index contributed by atoms with van der Waals surface area (Å²) in [5.41, 5.74) is 6.42. The molecule has 4 nitrogen and oxygen atoms in total. The highest BCUT2D eigenvalue weighted by Gasteiger charge is 2.38. The Morgan fingerprint density at radius 2 is 2.19 bits per heavy atom. The van der Waals surface area contributed by atoms with Crippen LogP contribution < -0.4 is 5.73 Å². The second kappa shape index (κ2) is 6.85. The average Bonchev–Trinajstić information content (AvgIpc) is 2.52. The van der Waals surface area contributed by atoms with Gasteiger partial charge in [-0.15, -0.1) is 0 Å². The highest BCUT2D eigenvalue weighted by Crippen LogP contribution is 2.35. The molecule has 0 aliphatic carbocycles. The Morgan fingerprint density at radius 1 is 1.52 bits per heavy atom. The number of hydrogen-bond donors (Lipinski definition) is 2. The van der Waals surface area contributed by atoms with Crippen LogP contribution in [-0.4, -0.2) is 40.0 Å². The van der Waals surface area contributed by atoms with Gasteiger partial charge in [0.05, 0.1) is 9.77 Å². The number of nitrogens with two attached hydrogens (primary N) is 1. The minimum absolute atomic E-state index is 0.152. The third-order valence-electron chi connectivity index (χ3n) is 4.05. The van der Waals surface area contributed by atoms with Crippen LogP contribution in [0, 0.1) is 5.82 Å². The topological polar surface area (TPSA) is 61.9 Å². The molecule has 0 radical (unpaired) electrons. The minimum atomic E-state index is -0.350. The number of benzene rings is 1. The Morgan fingerprint density at radius 3 is 2.76 bits per heavy atom. The van der Waals surface area contributed by atoms with E-state index in [9.17, 15) is 4.39 Å². The molecule has 1 saturated heterocycles. The largest absolute Gasteiger partial charge is 0.409 e. The maximum Gasteiger partial charge on any atom is 0.155 e. The predicted octanol–water partition coefficient (Wildman–Crippen LogP) is 2.92. The summed E-state index contributed by atoms with van der Waals surface area (Å²) in [4.78, 5) is 2.16. The molecule has 21 heavy (non-hydrogen) atoms. The molecule has 7 heteroatoms. The van der Waals surface area contributed by atoms with Crippen molar-refractivity contribution in [1.29, 1.82) is 0 Å². The van der Waals surface area contributed by atoms with Gasteiger partial charge in [0.25, 0.3) is 0 Å². The van der Waals surface area contributed by atoms with Crippen LogP contribution in [0.1, 0.15) is 18.4 Å². The fourth-order valence-corrected chi connectivity index (χ4v) is 3.67. The quantitative estimate of drug-likeness (QED) is 0.385. The SMILES string of the molecule is CSC1(/C(N)=N/O)CCN(Cc2cccc(Cl)c2F)CC1. The van der Waals surface area contributed by atoms with E-state index in [1.54, 1.807) is 30.0 Å². The molecule has 0 amide bonds. The number of likely N-dealkylation sites (tertiary alicyclic amines) is 1. The Hall–Kier alpha value is -0.980. The van der Waals surface area contributed by atoms with E-state index in [0.29, 0.717) is 12.1 Å². The first-order chi connectivity index (χ1) is 10.0. The van der Waals surface area contributed by atoms with Crippen LogP contribution in [0.3, 0.4) is 0 Å². The van der Waals surface area contributed by atoms with E-state index in [4.69, 9.17) is 22.5 Å². The molecule has 0 unspecified atom stereocenters. The normalized spacial score (nSPS) is 19.7. The number of halogens is 2. The molecule has 1 fully saturated rings. The van der Waals surface area contributed by atoms with Crippen LogP contribution in [0.15, 0.2) is 23.4 Å². The number of amidine groups is 1. The van der Waals surface area contributed by atoms with Crippen molar-refractivity contribution in [3.8, 4) is 0 Å². The van der Waals surface area contributed by atoms with Crippen molar-refractivity contribution < 1.29 is 9.60 Å². The van der Waals surface area contributed by atoms with Gasteiger partial charge >= 0.3 is 0 Å². The molecule has 0 atom stereocenters. The van der Waals surface area contributed by atoms with Crippen LogP contribution in [-0.2, 0) is 6.54 Å². The molecule has 0 aromatic heterocycles. The lowest BCUT2D eigenvalue weighted by Crippen LogP contribution is -2.49.